The molecule has 4 rings (SSSR count). The normalized spacial score (nSPS) is 14.1. The fourth-order valence-electron chi connectivity index (χ4n) is 3.10. The van der Waals surface area contributed by atoms with Gasteiger partial charge in [-0.25, -0.2) is 4.68 Å². The van der Waals surface area contributed by atoms with E-state index in [1.165, 1.54) is 11.3 Å². The minimum Gasteiger partial charge on any atom is -0.321 e. The molecule has 0 saturated carbocycles. The van der Waals surface area contributed by atoms with Crippen LogP contribution in [0.4, 0.5) is 11.4 Å². The van der Waals surface area contributed by atoms with Crippen molar-refractivity contribution >= 4 is 46.9 Å². The average molecular weight is 433 g/mol. The van der Waals surface area contributed by atoms with Crippen LogP contribution in [0.2, 0.25) is 0 Å². The summed E-state index contributed by atoms with van der Waals surface area (Å²) in [5, 5.41) is 18.9. The number of hydrogen-bond donors (Lipinski definition) is 3. The Morgan fingerprint density at radius 1 is 1.07 bits per heavy atom. The number of nitrogens with zero attached hydrogens (tertiary/aromatic N) is 3. The maximum Gasteiger partial charge on any atom is 0.277 e. The van der Waals surface area contributed by atoms with Crippen LogP contribution in [0.1, 0.15) is 39.0 Å². The van der Waals surface area contributed by atoms with Gasteiger partial charge >= 0.3 is 0 Å². The molecule has 1 saturated heterocycles. The van der Waals surface area contributed by atoms with Gasteiger partial charge in [0.15, 0.2) is 5.69 Å². The second-order valence-electron chi connectivity index (χ2n) is 6.53. The lowest BCUT2D eigenvalue weighted by atomic mass is 10.1. The van der Waals surface area contributed by atoms with Crippen LogP contribution in [0.5, 0.6) is 0 Å². The smallest absolute Gasteiger partial charge is 0.277 e. The number of carbonyl (C=O) groups is 2. The molecule has 0 aliphatic carbocycles. The molecule has 152 valence electrons. The molecule has 0 unspecified atom stereocenters. The second-order valence-corrected chi connectivity index (χ2v) is 7.48. The molecule has 0 spiro atoms. The summed E-state index contributed by atoms with van der Waals surface area (Å²) in [4.78, 5) is 25.3. The predicted molar refractivity (Wildman–Crippen MR) is 115 cm³/mol. The third-order valence-electron chi connectivity index (χ3n) is 4.55. The van der Waals surface area contributed by atoms with E-state index in [0.717, 1.165) is 25.9 Å². The molecule has 1 fully saturated rings. The van der Waals surface area contributed by atoms with Crippen molar-refractivity contribution in [3.63, 3.8) is 0 Å². The fourth-order valence-corrected chi connectivity index (χ4v) is 3.72. The van der Waals surface area contributed by atoms with Gasteiger partial charge in [0.25, 0.3) is 11.8 Å². The molecule has 8 nitrogen and oxygen atoms in total. The molecule has 3 heterocycles. The van der Waals surface area contributed by atoms with Crippen molar-refractivity contribution in [1.29, 1.82) is 0 Å². The van der Waals surface area contributed by atoms with Crippen molar-refractivity contribution in [1.82, 2.24) is 20.3 Å². The maximum absolute atomic E-state index is 12.5. The summed E-state index contributed by atoms with van der Waals surface area (Å²) in [6.45, 7) is 1.88. The van der Waals surface area contributed by atoms with Crippen LogP contribution in [0, 0.1) is 0 Å². The van der Waals surface area contributed by atoms with E-state index in [-0.39, 0.29) is 36.0 Å². The fraction of sp³-hybridized carbons (Fsp3) is 0.263. The number of anilines is 2. The van der Waals surface area contributed by atoms with Gasteiger partial charge in [-0.05, 0) is 55.6 Å². The van der Waals surface area contributed by atoms with E-state index in [9.17, 15) is 9.59 Å². The molecule has 3 aromatic rings. The van der Waals surface area contributed by atoms with E-state index in [4.69, 9.17) is 0 Å². The highest BCUT2D eigenvalue weighted by molar-refractivity contribution is 7.12. The van der Waals surface area contributed by atoms with Crippen molar-refractivity contribution in [2.24, 2.45) is 0 Å². The Morgan fingerprint density at radius 2 is 1.79 bits per heavy atom. The first-order chi connectivity index (χ1) is 13.7. The SMILES string of the molecule is Cl.O=C(Nc1cccc(NC(=O)c2cccs2)c1)c1cn(C2CCNCC2)nn1. The quantitative estimate of drug-likeness (QED) is 0.574. The first-order valence-corrected chi connectivity index (χ1v) is 9.96. The van der Waals surface area contributed by atoms with Crippen LogP contribution in [-0.4, -0.2) is 39.9 Å². The lowest BCUT2D eigenvalue weighted by molar-refractivity contribution is 0.101. The van der Waals surface area contributed by atoms with E-state index in [2.05, 4.69) is 26.3 Å². The summed E-state index contributed by atoms with van der Waals surface area (Å²) in [6, 6.07) is 10.9. The molecule has 29 heavy (non-hydrogen) atoms. The number of nitrogens with one attached hydrogen (secondary N) is 3. The number of rotatable bonds is 5. The summed E-state index contributed by atoms with van der Waals surface area (Å²) >= 11 is 1.37. The van der Waals surface area contributed by atoms with Gasteiger partial charge in [-0.3, -0.25) is 9.59 Å². The third kappa shape index (κ3) is 5.20. The molecule has 2 amide bonds. The van der Waals surface area contributed by atoms with E-state index in [1.807, 2.05) is 11.4 Å². The zero-order valence-corrected chi connectivity index (χ0v) is 17.1. The molecule has 0 atom stereocenters. The summed E-state index contributed by atoms with van der Waals surface area (Å²) in [7, 11) is 0. The average Bonchev–Trinajstić information content (AvgIpc) is 3.41. The van der Waals surface area contributed by atoms with Gasteiger partial charge < -0.3 is 16.0 Å². The van der Waals surface area contributed by atoms with Crippen LogP contribution in [0.25, 0.3) is 0 Å². The van der Waals surface area contributed by atoms with Crippen LogP contribution in [0.3, 0.4) is 0 Å². The topological polar surface area (TPSA) is 101 Å². The Hall–Kier alpha value is -2.75. The maximum atomic E-state index is 12.5. The Kier molecular flexibility index (Phi) is 6.97. The number of carbonyl (C=O) groups excluding carboxylic acids is 2. The molecule has 1 aromatic carbocycles. The summed E-state index contributed by atoms with van der Waals surface area (Å²) in [5.41, 5.74) is 1.45. The predicted octanol–water partition coefficient (Wildman–Crippen LogP) is 3.19. The molecule has 10 heteroatoms. The molecular formula is C19H21ClN6O2S. The molecule has 1 aliphatic rings. The molecule has 2 aromatic heterocycles. The molecule has 1 aliphatic heterocycles. The highest BCUT2D eigenvalue weighted by Gasteiger charge is 2.19. The number of hydrogen-bond acceptors (Lipinski definition) is 6. The number of piperidine rings is 1. The zero-order chi connectivity index (χ0) is 19.3. The Balaban J connectivity index is 0.00000240. The Labute approximate surface area is 178 Å². The number of thiophene rings is 1. The van der Waals surface area contributed by atoms with Crippen molar-refractivity contribution in [3.05, 3.63) is 58.5 Å². The first-order valence-electron chi connectivity index (χ1n) is 9.08. The van der Waals surface area contributed by atoms with E-state index in [0.29, 0.717) is 16.3 Å². The van der Waals surface area contributed by atoms with Gasteiger partial charge in [0.1, 0.15) is 0 Å². The monoisotopic (exact) mass is 432 g/mol. The number of benzene rings is 1. The van der Waals surface area contributed by atoms with Gasteiger partial charge in [0.2, 0.25) is 0 Å². The second kappa shape index (κ2) is 9.64. The van der Waals surface area contributed by atoms with Crippen LogP contribution < -0.4 is 16.0 Å². The minimum atomic E-state index is -0.332. The number of halogens is 1. The molecule has 3 N–H and O–H groups in total. The first kappa shape index (κ1) is 21.0. The van der Waals surface area contributed by atoms with Gasteiger partial charge in [-0.1, -0.05) is 17.3 Å². The van der Waals surface area contributed by atoms with Crippen molar-refractivity contribution in [2.75, 3.05) is 23.7 Å². The summed E-state index contributed by atoms with van der Waals surface area (Å²) in [6.07, 6.45) is 3.63. The minimum absolute atomic E-state index is 0. The van der Waals surface area contributed by atoms with E-state index in [1.54, 1.807) is 41.2 Å². The van der Waals surface area contributed by atoms with E-state index < -0.39 is 0 Å². The lowest BCUT2D eigenvalue weighted by Gasteiger charge is -2.22. The third-order valence-corrected chi connectivity index (χ3v) is 5.42. The number of aromatic nitrogens is 3. The van der Waals surface area contributed by atoms with Crippen LogP contribution in [0.15, 0.2) is 48.0 Å². The van der Waals surface area contributed by atoms with Crippen molar-refractivity contribution in [3.8, 4) is 0 Å². The van der Waals surface area contributed by atoms with Gasteiger partial charge in [0, 0.05) is 11.4 Å². The van der Waals surface area contributed by atoms with Gasteiger partial charge in [-0.2, -0.15) is 0 Å². The van der Waals surface area contributed by atoms with Crippen molar-refractivity contribution < 1.29 is 9.59 Å². The highest BCUT2D eigenvalue weighted by atomic mass is 35.5. The Morgan fingerprint density at radius 3 is 2.48 bits per heavy atom. The zero-order valence-electron chi connectivity index (χ0n) is 15.5. The van der Waals surface area contributed by atoms with Crippen molar-refractivity contribution in [2.45, 2.75) is 18.9 Å². The van der Waals surface area contributed by atoms with Crippen LogP contribution in [-0.2, 0) is 0 Å². The van der Waals surface area contributed by atoms with Crippen LogP contribution >= 0.6 is 23.7 Å². The summed E-state index contributed by atoms with van der Waals surface area (Å²) in [5.74, 6) is -0.509. The largest absolute Gasteiger partial charge is 0.321 e. The number of amides is 2. The van der Waals surface area contributed by atoms with Gasteiger partial charge in [0.05, 0.1) is 17.1 Å². The lowest BCUT2D eigenvalue weighted by Crippen LogP contribution is -2.29. The molecular weight excluding hydrogens is 412 g/mol. The standard InChI is InChI=1S/C19H20N6O2S.ClH/c26-18(16-12-25(24-23-16)15-6-8-20-9-7-15)21-13-3-1-4-14(11-13)22-19(27)17-5-2-10-28-17;/h1-5,10-12,15,20H,6-9H2,(H,21,26)(H,22,27);1H. The van der Waals surface area contributed by atoms with Gasteiger partial charge in [-0.15, -0.1) is 28.8 Å². The Bertz CT molecular complexity index is 969. The summed E-state index contributed by atoms with van der Waals surface area (Å²) < 4.78 is 1.77. The van der Waals surface area contributed by atoms with E-state index >= 15 is 0 Å². The molecule has 0 radical (unpaired) electrons. The molecule has 0 bridgehead atoms. The highest BCUT2D eigenvalue weighted by Crippen LogP contribution is 2.19.